The third-order valence-corrected chi connectivity index (χ3v) is 6.34. The van der Waals surface area contributed by atoms with Crippen LogP contribution in [0.15, 0.2) is 54.1 Å². The van der Waals surface area contributed by atoms with Crippen LogP contribution in [0.3, 0.4) is 0 Å². The summed E-state index contributed by atoms with van der Waals surface area (Å²) in [6.45, 7) is 0.189. The van der Waals surface area contributed by atoms with Crippen molar-refractivity contribution in [1.82, 2.24) is 0 Å². The maximum absolute atomic E-state index is 9.65. The zero-order valence-corrected chi connectivity index (χ0v) is 19.5. The van der Waals surface area contributed by atoms with Crippen molar-refractivity contribution in [3.8, 4) is 11.5 Å². The first-order chi connectivity index (χ1) is 14.7. The molecule has 3 nitrogen and oxygen atoms in total. The second kappa shape index (κ2) is 13.6. The van der Waals surface area contributed by atoms with Crippen molar-refractivity contribution in [3.05, 3.63) is 65.2 Å². The summed E-state index contributed by atoms with van der Waals surface area (Å²) in [5.41, 5.74) is 4.72. The van der Waals surface area contributed by atoms with E-state index in [0.29, 0.717) is 5.92 Å². The summed E-state index contributed by atoms with van der Waals surface area (Å²) in [4.78, 5) is 0. The topological polar surface area (TPSA) is 60.7 Å². The molecular weight excluding hydrogens is 428 g/mol. The molecule has 170 valence electrons. The van der Waals surface area contributed by atoms with E-state index in [4.69, 9.17) is 0 Å². The van der Waals surface area contributed by atoms with Crippen molar-refractivity contribution in [2.45, 2.75) is 70.6 Å². The van der Waals surface area contributed by atoms with Gasteiger partial charge >= 0.3 is 0 Å². The normalized spacial score (nSPS) is 15.6. The van der Waals surface area contributed by atoms with E-state index in [1.807, 2.05) is 24.3 Å². The van der Waals surface area contributed by atoms with Crippen LogP contribution in [0.5, 0.6) is 11.5 Å². The summed E-state index contributed by atoms with van der Waals surface area (Å²) < 4.78 is 0. The standard InChI is InChI=1S/C22H26O3.C5H10.Fe/c23-15-3-6-21(16-4-1-2-5-16)22(17-7-11-19(24)12-8-17)18-9-13-20(25)14-10-18;1-2-4-5-3-1;/h7-14,16,23-25H,1-6,15H2;1-5H2;. The van der Waals surface area contributed by atoms with E-state index in [9.17, 15) is 15.3 Å². The molecule has 4 rings (SSSR count). The second-order valence-electron chi connectivity index (χ2n) is 8.57. The van der Waals surface area contributed by atoms with Crippen LogP contribution in [-0.4, -0.2) is 21.9 Å². The average molecular weight is 464 g/mol. The van der Waals surface area contributed by atoms with E-state index in [1.54, 1.807) is 24.3 Å². The minimum absolute atomic E-state index is 0. The molecule has 3 N–H and O–H groups in total. The average Bonchev–Trinajstić information content (AvgIpc) is 3.50. The van der Waals surface area contributed by atoms with Gasteiger partial charge in [0, 0.05) is 23.7 Å². The first-order valence-electron chi connectivity index (χ1n) is 11.6. The first kappa shape index (κ1) is 25.5. The minimum atomic E-state index is 0. The maximum atomic E-state index is 9.65. The quantitative estimate of drug-likeness (QED) is 0.412. The van der Waals surface area contributed by atoms with Crippen molar-refractivity contribution in [1.29, 1.82) is 0 Å². The Morgan fingerprint density at radius 1 is 0.677 bits per heavy atom. The summed E-state index contributed by atoms with van der Waals surface area (Å²) >= 11 is 0. The number of aliphatic hydroxyl groups is 1. The molecule has 2 aliphatic rings. The van der Waals surface area contributed by atoms with Crippen LogP contribution >= 0.6 is 0 Å². The molecule has 2 aromatic rings. The number of phenols is 2. The number of hydrogen-bond donors (Lipinski definition) is 3. The molecule has 2 aromatic carbocycles. The molecule has 2 fully saturated rings. The van der Waals surface area contributed by atoms with Gasteiger partial charge < -0.3 is 15.3 Å². The number of benzene rings is 2. The van der Waals surface area contributed by atoms with Gasteiger partial charge in [0.2, 0.25) is 0 Å². The Balaban J connectivity index is 0.000000501. The molecule has 0 aliphatic heterocycles. The summed E-state index contributed by atoms with van der Waals surface area (Å²) in [6, 6.07) is 14.7. The summed E-state index contributed by atoms with van der Waals surface area (Å²) in [7, 11) is 0. The molecule has 0 atom stereocenters. The van der Waals surface area contributed by atoms with Gasteiger partial charge in [-0.3, -0.25) is 0 Å². The Hall–Kier alpha value is -1.74. The monoisotopic (exact) mass is 464 g/mol. The van der Waals surface area contributed by atoms with Crippen LogP contribution in [0, 0.1) is 5.92 Å². The Bertz CT molecular complexity index is 731. The molecule has 4 heteroatoms. The fourth-order valence-corrected chi connectivity index (χ4v) is 4.75. The molecule has 2 saturated carbocycles. The van der Waals surface area contributed by atoms with E-state index in [1.165, 1.54) is 68.9 Å². The summed E-state index contributed by atoms with van der Waals surface area (Å²) in [5, 5.41) is 28.7. The van der Waals surface area contributed by atoms with Crippen LogP contribution in [0.1, 0.15) is 81.8 Å². The molecule has 0 aromatic heterocycles. The van der Waals surface area contributed by atoms with Crippen LogP contribution in [-0.2, 0) is 17.1 Å². The van der Waals surface area contributed by atoms with E-state index in [0.717, 1.165) is 24.0 Å². The van der Waals surface area contributed by atoms with E-state index in [-0.39, 0.29) is 35.2 Å². The van der Waals surface area contributed by atoms with Gasteiger partial charge in [0.25, 0.3) is 0 Å². The van der Waals surface area contributed by atoms with Gasteiger partial charge in [-0.05, 0) is 72.6 Å². The number of rotatable bonds is 6. The molecule has 2 aliphatic carbocycles. The van der Waals surface area contributed by atoms with Crippen molar-refractivity contribution >= 4 is 5.57 Å². The number of aliphatic hydroxyl groups excluding tert-OH is 1. The Kier molecular flexibility index (Phi) is 11.2. The summed E-state index contributed by atoms with van der Waals surface area (Å²) in [6.07, 6.45) is 14.0. The maximum Gasteiger partial charge on any atom is 0.115 e. The minimum Gasteiger partial charge on any atom is -0.508 e. The number of allylic oxidation sites excluding steroid dienone is 1. The second-order valence-corrected chi connectivity index (χ2v) is 8.57. The van der Waals surface area contributed by atoms with Crippen LogP contribution < -0.4 is 0 Å². The molecule has 31 heavy (non-hydrogen) atoms. The van der Waals surface area contributed by atoms with Crippen molar-refractivity contribution in [2.75, 3.05) is 6.61 Å². The molecule has 0 amide bonds. The fraction of sp³-hybridized carbons (Fsp3) is 0.481. The molecule has 0 heterocycles. The summed E-state index contributed by atoms with van der Waals surface area (Å²) in [5.74, 6) is 1.06. The van der Waals surface area contributed by atoms with Crippen LogP contribution in [0.4, 0.5) is 0 Å². The van der Waals surface area contributed by atoms with Gasteiger partial charge in [-0.2, -0.15) is 0 Å². The van der Waals surface area contributed by atoms with Gasteiger partial charge in [-0.1, -0.05) is 74.8 Å². The Morgan fingerprint density at radius 3 is 1.48 bits per heavy atom. The van der Waals surface area contributed by atoms with Crippen LogP contribution in [0.25, 0.3) is 5.57 Å². The zero-order chi connectivity index (χ0) is 21.2. The smallest absolute Gasteiger partial charge is 0.115 e. The Labute approximate surface area is 197 Å². The van der Waals surface area contributed by atoms with Crippen LogP contribution in [0.2, 0.25) is 0 Å². The zero-order valence-electron chi connectivity index (χ0n) is 18.4. The van der Waals surface area contributed by atoms with E-state index >= 15 is 0 Å². The molecular formula is C27H36FeO3. The number of phenolic OH excluding ortho intramolecular Hbond substituents is 2. The molecule has 0 spiro atoms. The van der Waals surface area contributed by atoms with E-state index in [2.05, 4.69) is 0 Å². The molecule has 0 radical (unpaired) electrons. The third kappa shape index (κ3) is 7.71. The van der Waals surface area contributed by atoms with Crippen molar-refractivity contribution in [3.63, 3.8) is 0 Å². The van der Waals surface area contributed by atoms with Gasteiger partial charge in [0.1, 0.15) is 11.5 Å². The molecule has 0 bridgehead atoms. The Morgan fingerprint density at radius 2 is 1.10 bits per heavy atom. The number of aromatic hydroxyl groups is 2. The largest absolute Gasteiger partial charge is 0.508 e. The van der Waals surface area contributed by atoms with Crippen molar-refractivity contribution in [2.24, 2.45) is 5.92 Å². The first-order valence-corrected chi connectivity index (χ1v) is 11.6. The predicted molar refractivity (Wildman–Crippen MR) is 124 cm³/mol. The SMILES string of the molecule is C1CCCC1.OCCCC(=C(c1ccc(O)cc1)c1ccc(O)cc1)C1CCCC1.[Fe]. The predicted octanol–water partition coefficient (Wildman–Crippen LogP) is 6.81. The van der Waals surface area contributed by atoms with Gasteiger partial charge in [-0.25, -0.2) is 0 Å². The third-order valence-electron chi connectivity index (χ3n) is 6.34. The number of hydrogen-bond acceptors (Lipinski definition) is 3. The molecule has 0 unspecified atom stereocenters. The van der Waals surface area contributed by atoms with Gasteiger partial charge in [0.05, 0.1) is 0 Å². The fourth-order valence-electron chi connectivity index (χ4n) is 4.75. The molecule has 0 saturated heterocycles. The van der Waals surface area contributed by atoms with E-state index < -0.39 is 0 Å². The van der Waals surface area contributed by atoms with Gasteiger partial charge in [0.15, 0.2) is 0 Å². The van der Waals surface area contributed by atoms with Crippen molar-refractivity contribution < 1.29 is 32.4 Å². The van der Waals surface area contributed by atoms with Gasteiger partial charge in [-0.15, -0.1) is 0 Å².